The first kappa shape index (κ1) is 38.3. The van der Waals surface area contributed by atoms with E-state index in [4.69, 9.17) is 4.74 Å². The second-order valence-electron chi connectivity index (χ2n) is 14.0. The number of ether oxygens (including phenoxy) is 3. The van der Waals surface area contributed by atoms with Gasteiger partial charge in [-0.2, -0.15) is 10.2 Å². The van der Waals surface area contributed by atoms with Crippen molar-refractivity contribution >= 4 is 52.6 Å². The van der Waals surface area contributed by atoms with Crippen LogP contribution in [0, 0.1) is 0 Å². The maximum Gasteiger partial charge on any atom is 0.586 e. The average Bonchev–Trinajstić information content (AvgIpc) is 4.04. The first-order valence-corrected chi connectivity index (χ1v) is 19.0. The molecule has 3 aliphatic rings. The van der Waals surface area contributed by atoms with Crippen molar-refractivity contribution in [1.82, 2.24) is 39.5 Å². The minimum absolute atomic E-state index is 0.0180. The highest BCUT2D eigenvalue weighted by molar-refractivity contribution is 6.05. The zero-order valence-electron chi connectivity index (χ0n) is 32.6. The van der Waals surface area contributed by atoms with Crippen LogP contribution in [0.15, 0.2) is 121 Å². The summed E-state index contributed by atoms with van der Waals surface area (Å²) in [4.78, 5) is 64.6. The van der Waals surface area contributed by atoms with Gasteiger partial charge in [0.15, 0.2) is 41.1 Å². The summed E-state index contributed by atoms with van der Waals surface area (Å²) in [6.07, 6.45) is 8.92. The summed E-state index contributed by atoms with van der Waals surface area (Å²) in [5.74, 6) is -0.0887. The lowest BCUT2D eigenvalue weighted by Crippen LogP contribution is -2.35. The predicted octanol–water partition coefficient (Wildman–Crippen LogP) is 5.51. The third-order valence-electron chi connectivity index (χ3n) is 9.92. The minimum atomic E-state index is -3.81. The van der Waals surface area contributed by atoms with Gasteiger partial charge in [0.25, 0.3) is 17.7 Å². The monoisotopic (exact) mass is 849 g/mol. The fraction of sp³-hybridized carbons (Fsp3) is 0.0952. The van der Waals surface area contributed by atoms with Crippen LogP contribution >= 0.6 is 0 Å². The lowest BCUT2D eigenvalue weighted by atomic mass is 10.1. The quantitative estimate of drug-likeness (QED) is 0.184. The minimum Gasteiger partial charge on any atom is -0.481 e. The van der Waals surface area contributed by atoms with Gasteiger partial charge >= 0.3 is 6.29 Å². The van der Waals surface area contributed by atoms with Gasteiger partial charge < -0.3 is 34.6 Å². The van der Waals surface area contributed by atoms with E-state index in [1.54, 1.807) is 97.3 Å². The predicted molar refractivity (Wildman–Crippen MR) is 222 cm³/mol. The van der Waals surface area contributed by atoms with Crippen molar-refractivity contribution in [2.75, 3.05) is 40.6 Å². The van der Waals surface area contributed by atoms with Crippen molar-refractivity contribution in [2.24, 2.45) is 4.99 Å². The number of carbonyl (C=O) groups is 3. The number of likely N-dealkylation sites (N-methyl/N-ethyl adjacent to an activating group) is 1. The van der Waals surface area contributed by atoms with Gasteiger partial charge in [0.05, 0.1) is 36.0 Å². The van der Waals surface area contributed by atoms with E-state index >= 15 is 0 Å². The number of nitrogens with one attached hydrogen (secondary N) is 2. The molecule has 0 saturated carbocycles. The van der Waals surface area contributed by atoms with E-state index < -0.39 is 18.1 Å². The number of hydrogen-bond donors (Lipinski definition) is 2. The highest BCUT2D eigenvalue weighted by atomic mass is 19.3. The molecule has 312 valence electrons. The van der Waals surface area contributed by atoms with Gasteiger partial charge in [-0.25, -0.2) is 24.3 Å². The maximum absolute atomic E-state index is 13.7. The molecule has 3 amide bonds. The summed E-state index contributed by atoms with van der Waals surface area (Å²) >= 11 is 0. The van der Waals surface area contributed by atoms with E-state index in [0.29, 0.717) is 58.1 Å². The molecule has 0 unspecified atom stereocenters. The number of aliphatic imine (C=N–C) groups is 1. The van der Waals surface area contributed by atoms with Crippen LogP contribution in [0.2, 0.25) is 0 Å². The fourth-order valence-corrected chi connectivity index (χ4v) is 6.89. The van der Waals surface area contributed by atoms with E-state index in [1.165, 1.54) is 46.4 Å². The molecule has 3 aliphatic heterocycles. The van der Waals surface area contributed by atoms with Crippen LogP contribution in [0.5, 0.6) is 17.2 Å². The van der Waals surface area contributed by atoms with Crippen molar-refractivity contribution < 1.29 is 37.4 Å². The van der Waals surface area contributed by atoms with Crippen molar-refractivity contribution in [2.45, 2.75) is 6.29 Å². The van der Waals surface area contributed by atoms with Crippen LogP contribution in [0.25, 0.3) is 34.2 Å². The summed E-state index contributed by atoms with van der Waals surface area (Å²) in [6, 6.07) is 19.2. The van der Waals surface area contributed by atoms with Gasteiger partial charge in [-0.3, -0.25) is 24.4 Å². The van der Waals surface area contributed by atoms with E-state index in [9.17, 15) is 23.2 Å². The molecule has 0 radical (unpaired) electrons. The average molecular weight is 850 g/mol. The summed E-state index contributed by atoms with van der Waals surface area (Å²) in [6.45, 7) is 0.208. The molecule has 0 bridgehead atoms. The number of carbonyl (C=O) groups excluding carboxylic acids is 3. The molecule has 0 aliphatic carbocycles. The molecule has 63 heavy (non-hydrogen) atoms. The number of anilines is 4. The first-order valence-electron chi connectivity index (χ1n) is 19.0. The summed E-state index contributed by atoms with van der Waals surface area (Å²) < 4.78 is 44.8. The summed E-state index contributed by atoms with van der Waals surface area (Å²) in [7, 11) is 1.66. The van der Waals surface area contributed by atoms with Crippen LogP contribution in [0.3, 0.4) is 0 Å². The maximum atomic E-state index is 13.7. The topological polar surface area (TPSA) is 209 Å². The normalized spacial score (nSPS) is 14.8. The highest BCUT2D eigenvalue weighted by Gasteiger charge is 2.43. The third kappa shape index (κ3) is 7.49. The van der Waals surface area contributed by atoms with Gasteiger partial charge in [0.1, 0.15) is 11.6 Å². The number of benzene rings is 2. The molecular weight excluding hydrogens is 821 g/mol. The molecule has 19 nitrogen and oxygen atoms in total. The number of alkyl halides is 2. The summed E-state index contributed by atoms with van der Waals surface area (Å²) in [5, 5.41) is 14.8. The Kier molecular flexibility index (Phi) is 9.31. The molecule has 2 N–H and O–H groups in total. The molecular formula is C42H29F2N13O6. The smallest absolute Gasteiger partial charge is 0.481 e. The van der Waals surface area contributed by atoms with E-state index in [2.05, 4.69) is 55.2 Å². The Balaban J connectivity index is 0.947. The molecule has 8 heterocycles. The van der Waals surface area contributed by atoms with Crippen LogP contribution < -0.4 is 34.6 Å². The number of rotatable bonds is 9. The SMILES string of the molecule is CN1C(=O)COc2cc(NC(=O)c3cc(-c4ccncc4)n(C4=CN(c5cc(-c6cc(C(=O)Nc7ccc8c(c7)OC(F)(F)O8)nn6-c6cnccn6)ccn5)CC=N4)n3)ccc21. The van der Waals surface area contributed by atoms with Gasteiger partial charge in [-0.1, -0.05) is 0 Å². The van der Waals surface area contributed by atoms with Gasteiger partial charge in [-0.05, 0) is 60.7 Å². The Morgan fingerprint density at radius 3 is 2.16 bits per heavy atom. The molecule has 0 saturated heterocycles. The molecule has 7 aromatic rings. The Morgan fingerprint density at radius 1 is 0.714 bits per heavy atom. The molecule has 5 aromatic heterocycles. The van der Waals surface area contributed by atoms with E-state index in [1.807, 2.05) is 4.90 Å². The molecule has 0 spiro atoms. The van der Waals surface area contributed by atoms with Crippen molar-refractivity contribution in [3.63, 3.8) is 0 Å². The lowest BCUT2D eigenvalue weighted by molar-refractivity contribution is -0.286. The number of nitrogens with zero attached hydrogens (tertiary/aromatic N) is 11. The summed E-state index contributed by atoms with van der Waals surface area (Å²) in [5.41, 5.74) is 3.61. The standard InChI is InChI=1S/C42H29F2N13O6/c1-54-30-4-2-26(17-34(30)61-23-39(54)58)50-40(59)28-19-31(24-6-9-45-10-7-24)57(53-28)38-22-55(15-14-49-38)36-16-25(8-11-47-36)32-20-29(52-56(32)37-21-46-12-13-48-37)41(60)51-27-3-5-33-35(18-27)63-42(43,44)62-33/h2-14,16-22H,15,23H2,1H3,(H,50,59)(H,51,60). The lowest BCUT2D eigenvalue weighted by Gasteiger charge is -2.26. The van der Waals surface area contributed by atoms with Crippen molar-refractivity contribution in [1.29, 1.82) is 0 Å². The molecule has 2 aromatic carbocycles. The van der Waals surface area contributed by atoms with Crippen LogP contribution in [-0.2, 0) is 4.79 Å². The second kappa shape index (κ2) is 15.3. The van der Waals surface area contributed by atoms with Gasteiger partial charge in [-0.15, -0.1) is 8.78 Å². The van der Waals surface area contributed by atoms with Gasteiger partial charge in [0, 0.05) is 78.9 Å². The van der Waals surface area contributed by atoms with E-state index in [0.717, 1.165) is 5.56 Å². The van der Waals surface area contributed by atoms with E-state index in [-0.39, 0.29) is 41.1 Å². The molecule has 0 fully saturated rings. The second-order valence-corrected chi connectivity index (χ2v) is 14.0. The highest BCUT2D eigenvalue weighted by Crippen LogP contribution is 2.42. The van der Waals surface area contributed by atoms with Crippen molar-refractivity contribution in [3.8, 4) is 45.6 Å². The zero-order chi connectivity index (χ0) is 43.2. The fourth-order valence-electron chi connectivity index (χ4n) is 6.89. The number of halogens is 2. The van der Waals surface area contributed by atoms with Gasteiger partial charge in [0.2, 0.25) is 0 Å². The first-order chi connectivity index (χ1) is 30.5. The Labute approximate surface area is 353 Å². The van der Waals surface area contributed by atoms with Crippen LogP contribution in [0.4, 0.5) is 31.7 Å². The largest absolute Gasteiger partial charge is 0.586 e. The van der Waals surface area contributed by atoms with Crippen molar-refractivity contribution in [3.05, 3.63) is 128 Å². The number of amides is 3. The molecule has 0 atom stereocenters. The number of fused-ring (bicyclic) bond motifs is 2. The third-order valence-corrected chi connectivity index (χ3v) is 9.92. The number of aromatic nitrogens is 8. The number of hydrogen-bond acceptors (Lipinski definition) is 14. The number of pyridine rings is 2. The Morgan fingerprint density at radius 2 is 1.40 bits per heavy atom. The van der Waals surface area contributed by atoms with Crippen LogP contribution in [0.1, 0.15) is 21.0 Å². The zero-order valence-corrected chi connectivity index (χ0v) is 32.6. The Bertz CT molecular complexity index is 3030. The molecule has 10 rings (SSSR count). The molecule has 21 heteroatoms. The Hall–Kier alpha value is -8.88. The van der Waals surface area contributed by atoms with Crippen LogP contribution in [-0.4, -0.2) is 89.9 Å².